The Hall–Kier alpha value is -1.58. The van der Waals surface area contributed by atoms with Gasteiger partial charge in [0.25, 0.3) is 0 Å². The van der Waals surface area contributed by atoms with E-state index in [0.717, 1.165) is 22.9 Å². The standard InChI is InChI=1S/C14H20N4.C2H6/c1-4-10-7-11(8-10)14-17-9(2)12-13(15-3)16-5-6-18(12)14;1-2/h5-6,10-11H,4,7-8H2,1-3H3,(H,15,16);1-2H3. The van der Waals surface area contributed by atoms with Crippen molar-refractivity contribution in [2.75, 3.05) is 12.4 Å². The summed E-state index contributed by atoms with van der Waals surface area (Å²) in [4.78, 5) is 9.13. The molecule has 2 aromatic rings. The fourth-order valence-electron chi connectivity index (χ4n) is 2.99. The van der Waals surface area contributed by atoms with Crippen molar-refractivity contribution in [3.63, 3.8) is 0 Å². The maximum absolute atomic E-state index is 4.77. The van der Waals surface area contributed by atoms with Crippen LogP contribution in [-0.4, -0.2) is 21.4 Å². The lowest BCUT2D eigenvalue weighted by Gasteiger charge is -2.33. The molecule has 0 aromatic carbocycles. The number of nitrogens with zero attached hydrogens (tertiary/aromatic N) is 3. The number of imidazole rings is 1. The smallest absolute Gasteiger partial charge is 0.152 e. The first-order chi connectivity index (χ1) is 9.74. The summed E-state index contributed by atoms with van der Waals surface area (Å²) in [6.07, 6.45) is 7.74. The van der Waals surface area contributed by atoms with Crippen molar-refractivity contribution >= 4 is 11.3 Å². The van der Waals surface area contributed by atoms with Gasteiger partial charge in [-0.2, -0.15) is 0 Å². The first-order valence-electron chi connectivity index (χ1n) is 7.75. The van der Waals surface area contributed by atoms with Gasteiger partial charge >= 0.3 is 0 Å². The molecule has 0 unspecified atom stereocenters. The van der Waals surface area contributed by atoms with E-state index in [0.29, 0.717) is 5.92 Å². The molecule has 2 heterocycles. The third-order valence-electron chi connectivity index (χ3n) is 4.17. The van der Waals surface area contributed by atoms with E-state index < -0.39 is 0 Å². The van der Waals surface area contributed by atoms with Crippen LogP contribution in [-0.2, 0) is 0 Å². The van der Waals surface area contributed by atoms with E-state index in [-0.39, 0.29) is 0 Å². The van der Waals surface area contributed by atoms with Crippen molar-refractivity contribution in [3.05, 3.63) is 23.9 Å². The molecule has 1 N–H and O–H groups in total. The predicted molar refractivity (Wildman–Crippen MR) is 84.4 cm³/mol. The van der Waals surface area contributed by atoms with Crippen molar-refractivity contribution in [2.45, 2.75) is 52.9 Å². The highest BCUT2D eigenvalue weighted by atomic mass is 15.1. The van der Waals surface area contributed by atoms with Crippen LogP contribution in [0.4, 0.5) is 5.82 Å². The second-order valence-electron chi connectivity index (χ2n) is 5.24. The molecule has 0 bridgehead atoms. The normalized spacial score (nSPS) is 21.1. The molecule has 3 rings (SSSR count). The monoisotopic (exact) mass is 274 g/mol. The van der Waals surface area contributed by atoms with Gasteiger partial charge in [-0.15, -0.1) is 0 Å². The number of rotatable bonds is 3. The Morgan fingerprint density at radius 2 is 2.05 bits per heavy atom. The van der Waals surface area contributed by atoms with E-state index in [9.17, 15) is 0 Å². The molecule has 1 fully saturated rings. The Kier molecular flexibility index (Phi) is 4.63. The van der Waals surface area contributed by atoms with Gasteiger partial charge in [-0.05, 0) is 25.7 Å². The summed E-state index contributed by atoms with van der Waals surface area (Å²) in [5.74, 6) is 3.66. The Morgan fingerprint density at radius 1 is 1.35 bits per heavy atom. The molecular formula is C16H26N4. The summed E-state index contributed by atoms with van der Waals surface area (Å²) in [5.41, 5.74) is 2.19. The zero-order chi connectivity index (χ0) is 14.7. The van der Waals surface area contributed by atoms with Gasteiger partial charge in [0, 0.05) is 25.4 Å². The zero-order valence-electron chi connectivity index (χ0n) is 13.3. The minimum Gasteiger partial charge on any atom is -0.371 e. The van der Waals surface area contributed by atoms with Crippen LogP contribution >= 0.6 is 0 Å². The molecule has 0 radical (unpaired) electrons. The highest BCUT2D eigenvalue weighted by Crippen LogP contribution is 2.43. The molecule has 20 heavy (non-hydrogen) atoms. The van der Waals surface area contributed by atoms with E-state index in [2.05, 4.69) is 28.5 Å². The first-order valence-corrected chi connectivity index (χ1v) is 7.75. The number of nitrogens with one attached hydrogen (secondary N) is 1. The van der Waals surface area contributed by atoms with Gasteiger partial charge in [0.15, 0.2) is 5.82 Å². The highest BCUT2D eigenvalue weighted by Gasteiger charge is 2.32. The van der Waals surface area contributed by atoms with Crippen LogP contribution in [0.3, 0.4) is 0 Å². The fourth-order valence-corrected chi connectivity index (χ4v) is 2.99. The second-order valence-corrected chi connectivity index (χ2v) is 5.24. The Morgan fingerprint density at radius 3 is 2.65 bits per heavy atom. The van der Waals surface area contributed by atoms with Crippen molar-refractivity contribution < 1.29 is 0 Å². The summed E-state index contributed by atoms with van der Waals surface area (Å²) in [7, 11) is 1.91. The van der Waals surface area contributed by atoms with Gasteiger partial charge < -0.3 is 5.32 Å². The van der Waals surface area contributed by atoms with Gasteiger partial charge in [-0.3, -0.25) is 4.40 Å². The molecule has 0 atom stereocenters. The number of hydrogen-bond acceptors (Lipinski definition) is 3. The fraction of sp³-hybridized carbons (Fsp3) is 0.625. The second kappa shape index (κ2) is 6.25. The summed E-state index contributed by atoms with van der Waals surface area (Å²) in [5, 5.41) is 3.15. The highest BCUT2D eigenvalue weighted by molar-refractivity contribution is 5.71. The summed E-state index contributed by atoms with van der Waals surface area (Å²) in [6.45, 7) is 8.34. The molecule has 0 saturated heterocycles. The maximum atomic E-state index is 4.77. The minimum atomic E-state index is 0.628. The lowest BCUT2D eigenvalue weighted by molar-refractivity contribution is 0.247. The molecular weight excluding hydrogens is 248 g/mol. The van der Waals surface area contributed by atoms with Crippen molar-refractivity contribution in [1.82, 2.24) is 14.4 Å². The minimum absolute atomic E-state index is 0.628. The third-order valence-corrected chi connectivity index (χ3v) is 4.17. The Labute approximate surface area is 121 Å². The van der Waals surface area contributed by atoms with Gasteiger partial charge in [0.2, 0.25) is 0 Å². The number of fused-ring (bicyclic) bond motifs is 1. The summed E-state index contributed by atoms with van der Waals surface area (Å²) in [6, 6.07) is 0. The van der Waals surface area contributed by atoms with Gasteiger partial charge in [-0.1, -0.05) is 27.2 Å². The molecule has 1 aliphatic rings. The van der Waals surface area contributed by atoms with Gasteiger partial charge in [0.1, 0.15) is 11.3 Å². The van der Waals surface area contributed by atoms with Crippen molar-refractivity contribution in [2.24, 2.45) is 5.92 Å². The van der Waals surface area contributed by atoms with E-state index >= 15 is 0 Å². The number of anilines is 1. The summed E-state index contributed by atoms with van der Waals surface area (Å²) >= 11 is 0. The molecule has 0 spiro atoms. The average molecular weight is 274 g/mol. The van der Waals surface area contributed by atoms with E-state index in [1.807, 2.05) is 33.3 Å². The molecule has 1 aliphatic carbocycles. The topological polar surface area (TPSA) is 42.2 Å². The molecule has 0 amide bonds. The van der Waals surface area contributed by atoms with Crippen LogP contribution in [0, 0.1) is 12.8 Å². The molecule has 2 aromatic heterocycles. The van der Waals surface area contributed by atoms with E-state index in [1.54, 1.807) is 0 Å². The lowest BCUT2D eigenvalue weighted by Crippen LogP contribution is -2.23. The molecule has 110 valence electrons. The molecule has 4 nitrogen and oxygen atoms in total. The zero-order valence-corrected chi connectivity index (χ0v) is 13.3. The van der Waals surface area contributed by atoms with Crippen LogP contribution < -0.4 is 5.32 Å². The quantitative estimate of drug-likeness (QED) is 0.919. The van der Waals surface area contributed by atoms with Crippen LogP contribution in [0.15, 0.2) is 12.4 Å². The Balaban J connectivity index is 0.000000704. The lowest BCUT2D eigenvalue weighted by atomic mass is 9.73. The van der Waals surface area contributed by atoms with Crippen LogP contribution in [0.5, 0.6) is 0 Å². The van der Waals surface area contributed by atoms with Gasteiger partial charge in [0.05, 0.1) is 5.69 Å². The number of hydrogen-bond donors (Lipinski definition) is 1. The van der Waals surface area contributed by atoms with Crippen LogP contribution in [0.1, 0.15) is 57.5 Å². The average Bonchev–Trinajstić information content (AvgIpc) is 2.78. The Bertz CT molecular complexity index is 567. The first kappa shape index (κ1) is 14.8. The molecule has 1 saturated carbocycles. The van der Waals surface area contributed by atoms with Crippen molar-refractivity contribution in [3.8, 4) is 0 Å². The summed E-state index contributed by atoms with van der Waals surface area (Å²) < 4.78 is 2.21. The molecule has 0 aliphatic heterocycles. The van der Waals surface area contributed by atoms with E-state index in [1.165, 1.54) is 25.1 Å². The van der Waals surface area contributed by atoms with Crippen molar-refractivity contribution in [1.29, 1.82) is 0 Å². The molecule has 4 heteroatoms. The predicted octanol–water partition coefficient (Wildman–Crippen LogP) is 4.01. The third kappa shape index (κ3) is 2.39. The number of aromatic nitrogens is 3. The number of aryl methyl sites for hydroxylation is 1. The van der Waals surface area contributed by atoms with Crippen LogP contribution in [0.2, 0.25) is 0 Å². The van der Waals surface area contributed by atoms with Gasteiger partial charge in [-0.25, -0.2) is 9.97 Å². The van der Waals surface area contributed by atoms with E-state index in [4.69, 9.17) is 4.98 Å². The van der Waals surface area contributed by atoms with Crippen LogP contribution in [0.25, 0.3) is 5.52 Å². The largest absolute Gasteiger partial charge is 0.371 e. The maximum Gasteiger partial charge on any atom is 0.152 e. The SMILES string of the molecule is CC.CCC1CC(c2nc(C)c3c(NC)nccn23)C1.